The maximum atomic E-state index is 9.17. The smallest absolute Gasteiger partial charge is 0.137 e. The summed E-state index contributed by atoms with van der Waals surface area (Å²) in [5.74, 6) is 1.84. The van der Waals surface area contributed by atoms with Gasteiger partial charge in [-0.15, -0.1) is 0 Å². The third-order valence-electron chi connectivity index (χ3n) is 13.6. The second kappa shape index (κ2) is 16.8. The topological polar surface area (TPSA) is 33.5 Å². The molecule has 5 heteroatoms. The number of nitrogens with zero attached hydrogens (tertiary/aromatic N) is 4. The minimum atomic E-state index is -0.289. The standard InChI is InChI=1S/C64H66N4O/c1-61(2,3)44-33-34-65-59(38-44)68-54-26-17-16-23-51(54)52-31-30-48(40-57(52)68)69-58-39-47(29-32-53(58)64(10,11)12)66-41-67(56-28-19-18-27-55(56)66)60-49(42-21-14-13-15-22-42)24-20-25-50(60)43-35-45(62(4,5)6)37-46(36-43)63(7,8)9/h13-40H,41H2,1-12H3/i16D,17D,23D,26D. The Balaban J connectivity index is 1.13. The Kier molecular flexibility index (Phi) is 9.98. The molecule has 1 aliphatic rings. The largest absolute Gasteiger partial charge is 0.457 e. The zero-order valence-corrected chi connectivity index (χ0v) is 42.3. The minimum Gasteiger partial charge on any atom is -0.457 e. The van der Waals surface area contributed by atoms with E-state index in [9.17, 15) is 1.37 Å². The number of pyridine rings is 1. The fraction of sp³-hybridized carbons (Fsp3) is 0.266. The van der Waals surface area contributed by atoms with Gasteiger partial charge >= 0.3 is 0 Å². The Hall–Kier alpha value is -7.11. The first kappa shape index (κ1) is 40.9. The van der Waals surface area contributed by atoms with Crippen LogP contribution in [0.15, 0.2) is 170 Å². The van der Waals surface area contributed by atoms with E-state index in [4.69, 9.17) is 13.8 Å². The van der Waals surface area contributed by atoms with Crippen LogP contribution in [0.5, 0.6) is 11.5 Å². The van der Waals surface area contributed by atoms with Crippen molar-refractivity contribution in [2.45, 2.75) is 105 Å². The van der Waals surface area contributed by atoms with Crippen molar-refractivity contribution in [1.29, 1.82) is 0 Å². The second-order valence-corrected chi connectivity index (χ2v) is 22.8. The van der Waals surface area contributed by atoms with Crippen LogP contribution >= 0.6 is 0 Å². The number of rotatable bonds is 7. The molecule has 0 unspecified atom stereocenters. The van der Waals surface area contributed by atoms with Crippen molar-refractivity contribution in [1.82, 2.24) is 9.55 Å². The van der Waals surface area contributed by atoms with E-state index >= 15 is 0 Å². The summed E-state index contributed by atoms with van der Waals surface area (Å²) in [7, 11) is 0. The Bertz CT molecular complexity index is 3590. The molecule has 9 aromatic rings. The molecule has 10 rings (SSSR count). The summed E-state index contributed by atoms with van der Waals surface area (Å²) < 4.78 is 44.6. The SMILES string of the molecule is [2H]c1c([2H])c([2H])c2c(c1[2H])c1ccc(Oc3cc(N4CN(c5c(-c6ccccc6)cccc5-c5cc(C(C)(C)C)cc(C(C)(C)C)c5)c5ccccc54)ccc3C(C)(C)C)cc1n2-c1cc(C(C)(C)C)ccn1. The van der Waals surface area contributed by atoms with Crippen LogP contribution in [-0.2, 0) is 21.7 Å². The third kappa shape index (κ3) is 8.58. The Labute approximate surface area is 415 Å². The van der Waals surface area contributed by atoms with Gasteiger partial charge < -0.3 is 14.5 Å². The molecular weight excluding hydrogens is 841 g/mol. The van der Waals surface area contributed by atoms with E-state index in [2.05, 4.69) is 202 Å². The van der Waals surface area contributed by atoms with E-state index < -0.39 is 0 Å². The molecule has 0 radical (unpaired) electrons. The highest BCUT2D eigenvalue weighted by molar-refractivity contribution is 6.09. The molecule has 348 valence electrons. The quantitative estimate of drug-likeness (QED) is 0.160. The maximum absolute atomic E-state index is 9.17. The third-order valence-corrected chi connectivity index (χ3v) is 13.6. The lowest BCUT2D eigenvalue weighted by atomic mass is 9.78. The number of aromatic nitrogens is 2. The molecule has 0 saturated heterocycles. The molecule has 0 fully saturated rings. The van der Waals surface area contributed by atoms with E-state index in [0.717, 1.165) is 45.0 Å². The van der Waals surface area contributed by atoms with Crippen LogP contribution in [0.1, 0.15) is 111 Å². The van der Waals surface area contributed by atoms with E-state index in [0.29, 0.717) is 45.8 Å². The van der Waals surface area contributed by atoms with Gasteiger partial charge in [-0.25, -0.2) is 4.98 Å². The van der Waals surface area contributed by atoms with Gasteiger partial charge in [0.05, 0.1) is 33.6 Å². The summed E-state index contributed by atoms with van der Waals surface area (Å²) in [5.41, 5.74) is 14.1. The van der Waals surface area contributed by atoms with Crippen LogP contribution in [0, 0.1) is 0 Å². The van der Waals surface area contributed by atoms with Gasteiger partial charge in [-0.3, -0.25) is 4.57 Å². The average Bonchev–Trinajstić information content (AvgIpc) is 3.90. The Morgan fingerprint density at radius 3 is 1.81 bits per heavy atom. The zero-order valence-electron chi connectivity index (χ0n) is 46.3. The molecule has 0 aliphatic carbocycles. The monoisotopic (exact) mass is 911 g/mol. The van der Waals surface area contributed by atoms with Crippen LogP contribution in [0.2, 0.25) is 0 Å². The Morgan fingerprint density at radius 2 is 1.14 bits per heavy atom. The normalized spacial score (nSPS) is 14.2. The fourth-order valence-electron chi connectivity index (χ4n) is 9.71. The predicted molar refractivity (Wildman–Crippen MR) is 293 cm³/mol. The molecule has 1 aliphatic heterocycles. The average molecular weight is 911 g/mol. The van der Waals surface area contributed by atoms with Crippen molar-refractivity contribution in [3.63, 3.8) is 0 Å². The molecular formula is C64H66N4O. The highest BCUT2D eigenvalue weighted by Crippen LogP contribution is 2.52. The van der Waals surface area contributed by atoms with Gasteiger partial charge in [-0.1, -0.05) is 186 Å². The lowest BCUT2D eigenvalue weighted by molar-refractivity contribution is 0.456. The lowest BCUT2D eigenvalue weighted by Gasteiger charge is -2.30. The molecule has 0 N–H and O–H groups in total. The Morgan fingerprint density at radius 1 is 0.507 bits per heavy atom. The van der Waals surface area contributed by atoms with E-state index in [1.807, 2.05) is 34.9 Å². The first-order valence-corrected chi connectivity index (χ1v) is 24.2. The number of ether oxygens (including phenoxy) is 1. The fourth-order valence-corrected chi connectivity index (χ4v) is 9.71. The van der Waals surface area contributed by atoms with Crippen LogP contribution in [-0.4, -0.2) is 16.2 Å². The number of hydrogen-bond donors (Lipinski definition) is 0. The number of hydrogen-bond acceptors (Lipinski definition) is 4. The number of para-hydroxylation sites is 4. The molecule has 2 aromatic heterocycles. The van der Waals surface area contributed by atoms with Gasteiger partial charge in [0.15, 0.2) is 0 Å². The van der Waals surface area contributed by atoms with Crippen molar-refractivity contribution in [3.8, 4) is 39.6 Å². The van der Waals surface area contributed by atoms with Crippen molar-refractivity contribution in [2.24, 2.45) is 0 Å². The van der Waals surface area contributed by atoms with Gasteiger partial charge in [0.25, 0.3) is 0 Å². The van der Waals surface area contributed by atoms with Gasteiger partial charge in [0.1, 0.15) is 24.0 Å². The zero-order chi connectivity index (χ0) is 52.1. The molecule has 69 heavy (non-hydrogen) atoms. The molecule has 7 aromatic carbocycles. The molecule has 0 amide bonds. The van der Waals surface area contributed by atoms with Crippen molar-refractivity contribution in [2.75, 3.05) is 16.5 Å². The first-order valence-electron chi connectivity index (χ1n) is 26.2. The molecule has 0 bridgehead atoms. The summed E-state index contributed by atoms with van der Waals surface area (Å²) >= 11 is 0. The van der Waals surface area contributed by atoms with Crippen LogP contribution < -0.4 is 14.5 Å². The van der Waals surface area contributed by atoms with Crippen molar-refractivity contribution in [3.05, 3.63) is 192 Å². The van der Waals surface area contributed by atoms with Crippen molar-refractivity contribution >= 4 is 44.6 Å². The lowest BCUT2D eigenvalue weighted by Crippen LogP contribution is -2.25. The summed E-state index contributed by atoms with van der Waals surface area (Å²) in [4.78, 5) is 9.67. The van der Waals surface area contributed by atoms with Crippen LogP contribution in [0.3, 0.4) is 0 Å². The second-order valence-electron chi connectivity index (χ2n) is 22.8. The van der Waals surface area contributed by atoms with E-state index in [1.54, 1.807) is 6.20 Å². The molecule has 5 nitrogen and oxygen atoms in total. The number of fused-ring (bicyclic) bond motifs is 4. The van der Waals surface area contributed by atoms with E-state index in [-0.39, 0.29) is 45.8 Å². The minimum absolute atomic E-state index is 0.0574. The summed E-state index contributed by atoms with van der Waals surface area (Å²) in [6, 6.07) is 48.9. The van der Waals surface area contributed by atoms with Crippen molar-refractivity contribution < 1.29 is 10.2 Å². The van der Waals surface area contributed by atoms with E-state index in [1.165, 1.54) is 22.3 Å². The molecule has 3 heterocycles. The highest BCUT2D eigenvalue weighted by Gasteiger charge is 2.33. The number of anilines is 4. The summed E-state index contributed by atoms with van der Waals surface area (Å²) in [5, 5.41) is 1.13. The first-order chi connectivity index (χ1) is 34.4. The molecule has 0 atom stereocenters. The van der Waals surface area contributed by atoms with Gasteiger partial charge in [-0.2, -0.15) is 0 Å². The molecule has 0 spiro atoms. The summed E-state index contributed by atoms with van der Waals surface area (Å²) in [6.45, 7) is 27.3. The maximum Gasteiger partial charge on any atom is 0.137 e. The molecule has 0 saturated carbocycles. The van der Waals surface area contributed by atoms with Crippen LogP contribution in [0.4, 0.5) is 22.7 Å². The number of benzene rings is 7. The van der Waals surface area contributed by atoms with Crippen LogP contribution in [0.25, 0.3) is 49.9 Å². The highest BCUT2D eigenvalue weighted by atomic mass is 16.5. The van der Waals surface area contributed by atoms with Gasteiger partial charge in [0, 0.05) is 51.5 Å². The predicted octanol–water partition coefficient (Wildman–Crippen LogP) is 17.7. The summed E-state index contributed by atoms with van der Waals surface area (Å²) in [6.07, 6.45) is 1.77. The van der Waals surface area contributed by atoms with Gasteiger partial charge in [0.2, 0.25) is 0 Å². The van der Waals surface area contributed by atoms with Gasteiger partial charge in [-0.05, 0) is 98.0 Å².